The number of para-hydroxylation sites is 1. The van der Waals surface area contributed by atoms with Crippen LogP contribution in [0.1, 0.15) is 25.0 Å². The third-order valence-electron chi connectivity index (χ3n) is 2.42. The van der Waals surface area contributed by atoms with Gasteiger partial charge in [-0.1, -0.05) is 43.9 Å². The molecule has 0 fully saturated rings. The number of benzene rings is 1. The zero-order valence-electron chi connectivity index (χ0n) is 8.88. The number of nitrogens with two attached hydrogens (primary N) is 1. The lowest BCUT2D eigenvalue weighted by Crippen LogP contribution is -1.97. The van der Waals surface area contributed by atoms with E-state index in [9.17, 15) is 0 Å². The van der Waals surface area contributed by atoms with E-state index in [0.717, 1.165) is 23.2 Å². The van der Waals surface area contributed by atoms with Gasteiger partial charge in [0.1, 0.15) is 0 Å². The highest BCUT2D eigenvalue weighted by atomic mass is 14.6. The standard InChI is InChI=1S/C13H17N/c1-4-10(5-2)12-9-7-8-11(6-3)13(12)14/h4-5,7-9H,1,6,14H2,2-3H3/b10-5+. The first-order valence-electron chi connectivity index (χ1n) is 4.91. The minimum absolute atomic E-state index is 0.878. The average Bonchev–Trinajstić information content (AvgIpc) is 2.22. The molecule has 0 aliphatic heterocycles. The van der Waals surface area contributed by atoms with Gasteiger partial charge in [0, 0.05) is 11.3 Å². The molecule has 1 aromatic carbocycles. The fraction of sp³-hybridized carbons (Fsp3) is 0.231. The van der Waals surface area contributed by atoms with Gasteiger partial charge in [-0.25, -0.2) is 0 Å². The van der Waals surface area contributed by atoms with Gasteiger partial charge >= 0.3 is 0 Å². The van der Waals surface area contributed by atoms with Gasteiger partial charge in [-0.05, 0) is 24.5 Å². The van der Waals surface area contributed by atoms with Crippen LogP contribution in [-0.4, -0.2) is 0 Å². The predicted molar refractivity (Wildman–Crippen MR) is 64.1 cm³/mol. The SMILES string of the molecule is C=C/C(=C\C)c1cccc(CC)c1N. The molecule has 0 aliphatic carbocycles. The van der Waals surface area contributed by atoms with Crippen LogP contribution in [0.5, 0.6) is 0 Å². The molecule has 0 amide bonds. The molecule has 0 aromatic heterocycles. The molecule has 1 rings (SSSR count). The summed E-state index contributed by atoms with van der Waals surface area (Å²) >= 11 is 0. The molecular formula is C13H17N. The van der Waals surface area contributed by atoms with Crippen LogP contribution in [0.15, 0.2) is 36.9 Å². The summed E-state index contributed by atoms with van der Waals surface area (Å²) in [6.45, 7) is 7.89. The molecule has 0 unspecified atom stereocenters. The molecule has 1 aromatic rings. The van der Waals surface area contributed by atoms with Crippen molar-refractivity contribution in [2.75, 3.05) is 5.73 Å². The van der Waals surface area contributed by atoms with E-state index in [1.807, 2.05) is 31.2 Å². The molecule has 2 N–H and O–H groups in total. The van der Waals surface area contributed by atoms with Crippen LogP contribution < -0.4 is 5.73 Å². The van der Waals surface area contributed by atoms with Gasteiger partial charge in [0.25, 0.3) is 0 Å². The summed E-state index contributed by atoms with van der Waals surface area (Å²) in [5.41, 5.74) is 10.3. The monoisotopic (exact) mass is 187 g/mol. The summed E-state index contributed by atoms with van der Waals surface area (Å²) in [7, 11) is 0. The summed E-state index contributed by atoms with van der Waals surface area (Å²) in [5, 5.41) is 0. The molecule has 0 saturated carbocycles. The van der Waals surface area contributed by atoms with E-state index < -0.39 is 0 Å². The minimum atomic E-state index is 0.878. The zero-order chi connectivity index (χ0) is 10.6. The van der Waals surface area contributed by atoms with Crippen molar-refractivity contribution in [1.82, 2.24) is 0 Å². The second-order valence-corrected chi connectivity index (χ2v) is 3.18. The van der Waals surface area contributed by atoms with E-state index in [0.29, 0.717) is 0 Å². The Morgan fingerprint density at radius 1 is 1.50 bits per heavy atom. The van der Waals surface area contributed by atoms with Crippen molar-refractivity contribution in [3.05, 3.63) is 48.1 Å². The topological polar surface area (TPSA) is 26.0 Å². The number of allylic oxidation sites excluding steroid dienone is 3. The van der Waals surface area contributed by atoms with Crippen LogP contribution in [0.25, 0.3) is 5.57 Å². The second kappa shape index (κ2) is 4.66. The van der Waals surface area contributed by atoms with Crippen LogP contribution in [-0.2, 0) is 6.42 Å². The Morgan fingerprint density at radius 2 is 2.21 bits per heavy atom. The molecule has 0 bridgehead atoms. The largest absolute Gasteiger partial charge is 0.398 e. The number of hydrogen-bond donors (Lipinski definition) is 1. The van der Waals surface area contributed by atoms with Crippen molar-refractivity contribution in [1.29, 1.82) is 0 Å². The van der Waals surface area contributed by atoms with E-state index in [1.54, 1.807) is 0 Å². The van der Waals surface area contributed by atoms with Gasteiger partial charge in [-0.2, -0.15) is 0 Å². The third-order valence-corrected chi connectivity index (χ3v) is 2.42. The quantitative estimate of drug-likeness (QED) is 0.569. The highest BCUT2D eigenvalue weighted by Gasteiger charge is 2.04. The van der Waals surface area contributed by atoms with E-state index in [4.69, 9.17) is 5.73 Å². The average molecular weight is 187 g/mol. The Kier molecular flexibility index (Phi) is 3.52. The molecule has 0 saturated heterocycles. The van der Waals surface area contributed by atoms with Crippen molar-refractivity contribution in [2.45, 2.75) is 20.3 Å². The lowest BCUT2D eigenvalue weighted by molar-refractivity contribution is 1.14. The highest BCUT2D eigenvalue weighted by molar-refractivity contribution is 5.81. The van der Waals surface area contributed by atoms with Crippen LogP contribution in [0, 0.1) is 0 Å². The molecular weight excluding hydrogens is 170 g/mol. The van der Waals surface area contributed by atoms with Crippen LogP contribution in [0.2, 0.25) is 0 Å². The van der Waals surface area contributed by atoms with Crippen LogP contribution >= 0.6 is 0 Å². The van der Waals surface area contributed by atoms with Crippen LogP contribution in [0.3, 0.4) is 0 Å². The van der Waals surface area contributed by atoms with Crippen LogP contribution in [0.4, 0.5) is 5.69 Å². The molecule has 0 spiro atoms. The summed E-state index contributed by atoms with van der Waals surface area (Å²) in [5.74, 6) is 0. The molecule has 14 heavy (non-hydrogen) atoms. The maximum absolute atomic E-state index is 6.06. The molecule has 1 nitrogen and oxygen atoms in total. The van der Waals surface area contributed by atoms with Crippen molar-refractivity contribution in [2.24, 2.45) is 0 Å². The van der Waals surface area contributed by atoms with Crippen molar-refractivity contribution in [3.63, 3.8) is 0 Å². The van der Waals surface area contributed by atoms with E-state index in [1.165, 1.54) is 5.56 Å². The third kappa shape index (κ3) is 1.87. The lowest BCUT2D eigenvalue weighted by atomic mass is 9.99. The number of hydrogen-bond acceptors (Lipinski definition) is 1. The van der Waals surface area contributed by atoms with E-state index in [-0.39, 0.29) is 0 Å². The first-order chi connectivity index (χ1) is 6.74. The summed E-state index contributed by atoms with van der Waals surface area (Å²) in [6.07, 6.45) is 4.83. The number of aryl methyl sites for hydroxylation is 1. The second-order valence-electron chi connectivity index (χ2n) is 3.18. The molecule has 0 aliphatic rings. The first kappa shape index (κ1) is 10.6. The Labute approximate surface area is 85.9 Å². The van der Waals surface area contributed by atoms with Gasteiger partial charge in [-0.3, -0.25) is 0 Å². The number of anilines is 1. The fourth-order valence-corrected chi connectivity index (χ4v) is 1.56. The fourth-order valence-electron chi connectivity index (χ4n) is 1.56. The van der Waals surface area contributed by atoms with E-state index >= 15 is 0 Å². The van der Waals surface area contributed by atoms with Gasteiger partial charge in [0.15, 0.2) is 0 Å². The normalized spacial score (nSPS) is 11.4. The number of nitrogen functional groups attached to an aromatic ring is 1. The first-order valence-corrected chi connectivity index (χ1v) is 4.91. The minimum Gasteiger partial charge on any atom is -0.398 e. The Balaban J connectivity index is 3.28. The Hall–Kier alpha value is -1.50. The van der Waals surface area contributed by atoms with Crippen molar-refractivity contribution < 1.29 is 0 Å². The smallest absolute Gasteiger partial charge is 0.0426 e. The van der Waals surface area contributed by atoms with Gasteiger partial charge in [0.05, 0.1) is 0 Å². The summed E-state index contributed by atoms with van der Waals surface area (Å²) in [6, 6.07) is 6.14. The van der Waals surface area contributed by atoms with E-state index in [2.05, 4.69) is 19.6 Å². The molecule has 1 heteroatoms. The zero-order valence-corrected chi connectivity index (χ0v) is 8.88. The Morgan fingerprint density at radius 3 is 2.71 bits per heavy atom. The molecule has 0 atom stereocenters. The maximum atomic E-state index is 6.06. The van der Waals surface area contributed by atoms with Crippen molar-refractivity contribution >= 4 is 11.3 Å². The molecule has 74 valence electrons. The molecule has 0 radical (unpaired) electrons. The predicted octanol–water partition coefficient (Wildman–Crippen LogP) is 3.42. The maximum Gasteiger partial charge on any atom is 0.0426 e. The van der Waals surface area contributed by atoms with Gasteiger partial charge in [-0.15, -0.1) is 0 Å². The Bertz CT molecular complexity index is 361. The summed E-state index contributed by atoms with van der Waals surface area (Å²) < 4.78 is 0. The molecule has 0 heterocycles. The number of rotatable bonds is 3. The highest BCUT2D eigenvalue weighted by Crippen LogP contribution is 2.25. The van der Waals surface area contributed by atoms with Crippen molar-refractivity contribution in [3.8, 4) is 0 Å². The lowest BCUT2D eigenvalue weighted by Gasteiger charge is -2.10. The summed E-state index contributed by atoms with van der Waals surface area (Å²) in [4.78, 5) is 0. The van der Waals surface area contributed by atoms with Gasteiger partial charge in [0.2, 0.25) is 0 Å². The van der Waals surface area contributed by atoms with Gasteiger partial charge < -0.3 is 5.73 Å².